The third kappa shape index (κ3) is 3.62. The van der Waals surface area contributed by atoms with Crippen molar-refractivity contribution >= 4 is 22.9 Å². The maximum absolute atomic E-state index is 5.46. The number of morpholine rings is 1. The molecule has 0 aliphatic carbocycles. The fourth-order valence-corrected chi connectivity index (χ4v) is 4.74. The number of rotatable bonds is 5. The third-order valence-corrected chi connectivity index (χ3v) is 6.38. The minimum atomic E-state index is -0.138. The first-order valence-corrected chi connectivity index (χ1v) is 11.4. The molecule has 0 saturated carbocycles. The van der Waals surface area contributed by atoms with E-state index in [1.807, 2.05) is 30.5 Å². The summed E-state index contributed by atoms with van der Waals surface area (Å²) in [7, 11) is 0. The number of hydrogen-bond donors (Lipinski definition) is 1. The van der Waals surface area contributed by atoms with Gasteiger partial charge in [-0.1, -0.05) is 18.2 Å². The summed E-state index contributed by atoms with van der Waals surface area (Å²) < 4.78 is 7.70. The summed E-state index contributed by atoms with van der Waals surface area (Å²) in [6.45, 7) is 7.36. The Hall–Kier alpha value is -3.01. The van der Waals surface area contributed by atoms with E-state index in [2.05, 4.69) is 47.8 Å². The van der Waals surface area contributed by atoms with E-state index in [1.165, 1.54) is 0 Å². The van der Waals surface area contributed by atoms with Crippen molar-refractivity contribution in [1.82, 2.24) is 29.7 Å². The lowest BCUT2D eigenvalue weighted by Crippen LogP contribution is -2.57. The van der Waals surface area contributed by atoms with Crippen LogP contribution < -0.4 is 10.2 Å². The molecule has 1 aromatic carbocycles. The zero-order chi connectivity index (χ0) is 21.3. The van der Waals surface area contributed by atoms with Gasteiger partial charge in [0.15, 0.2) is 6.17 Å². The normalized spacial score (nSPS) is 21.7. The molecule has 166 valence electrons. The third-order valence-electron chi connectivity index (χ3n) is 6.38. The molecule has 3 aromatic rings. The molecule has 1 fully saturated rings. The second kappa shape index (κ2) is 8.50. The molecular weight excluding hydrogens is 404 g/mol. The van der Waals surface area contributed by atoms with E-state index in [9.17, 15) is 0 Å². The van der Waals surface area contributed by atoms with Crippen molar-refractivity contribution in [2.75, 3.05) is 57.6 Å². The van der Waals surface area contributed by atoms with Crippen LogP contribution in [0.1, 0.15) is 18.3 Å². The molecule has 2 aromatic heterocycles. The van der Waals surface area contributed by atoms with Crippen molar-refractivity contribution in [1.29, 1.82) is 0 Å². The molecule has 0 radical (unpaired) electrons. The standard InChI is InChI=1S/C23H28N8O/c1-2-8-20-18(6-1)26-23-30-17-29(11-5-10-28-12-14-32-15-13-28)16-25-22(30)27-21(31(20)23)19-7-3-4-9-24-19/h1-4,6-9,21H,5,10-17H2,(H,25,27). The van der Waals surface area contributed by atoms with Crippen LogP contribution >= 0.6 is 0 Å². The van der Waals surface area contributed by atoms with Gasteiger partial charge in [0.2, 0.25) is 11.9 Å². The Labute approximate surface area is 187 Å². The van der Waals surface area contributed by atoms with Gasteiger partial charge in [-0.15, -0.1) is 0 Å². The van der Waals surface area contributed by atoms with E-state index in [0.29, 0.717) is 6.67 Å². The fraction of sp³-hybridized carbons (Fsp3) is 0.435. The summed E-state index contributed by atoms with van der Waals surface area (Å²) in [5.41, 5.74) is 3.03. The van der Waals surface area contributed by atoms with Crippen molar-refractivity contribution in [2.24, 2.45) is 4.99 Å². The molecule has 1 unspecified atom stereocenters. The van der Waals surface area contributed by atoms with Crippen LogP contribution in [0, 0.1) is 0 Å². The highest BCUT2D eigenvalue weighted by Crippen LogP contribution is 2.33. The number of fused-ring (bicyclic) bond motifs is 5. The number of pyridine rings is 1. The number of nitrogens with one attached hydrogen (secondary N) is 1. The van der Waals surface area contributed by atoms with Crippen molar-refractivity contribution in [2.45, 2.75) is 12.6 Å². The number of para-hydroxylation sites is 2. The Morgan fingerprint density at radius 2 is 1.84 bits per heavy atom. The zero-order valence-corrected chi connectivity index (χ0v) is 18.1. The van der Waals surface area contributed by atoms with Gasteiger partial charge in [0.1, 0.15) is 0 Å². The number of ether oxygens (including phenoxy) is 1. The summed E-state index contributed by atoms with van der Waals surface area (Å²) >= 11 is 0. The number of imidazole rings is 1. The van der Waals surface area contributed by atoms with Crippen LogP contribution in [-0.4, -0.2) is 83.0 Å². The Kier molecular flexibility index (Phi) is 5.22. The Balaban J connectivity index is 1.26. The molecule has 0 spiro atoms. The van der Waals surface area contributed by atoms with Gasteiger partial charge in [-0.3, -0.25) is 24.3 Å². The summed E-state index contributed by atoms with van der Waals surface area (Å²) in [6.07, 6.45) is 2.82. The SMILES string of the molecule is c1ccc(C2NC3=NCN(CCCN4CCOCC4)CN3c3nc4ccccc4n32)nc1. The molecule has 3 aliphatic rings. The molecule has 9 nitrogen and oxygen atoms in total. The fourth-order valence-electron chi connectivity index (χ4n) is 4.74. The number of benzene rings is 1. The summed E-state index contributed by atoms with van der Waals surface area (Å²) in [6, 6.07) is 14.3. The molecule has 5 heterocycles. The highest BCUT2D eigenvalue weighted by atomic mass is 16.5. The molecule has 1 N–H and O–H groups in total. The van der Waals surface area contributed by atoms with Crippen LogP contribution in [0.3, 0.4) is 0 Å². The molecule has 0 amide bonds. The van der Waals surface area contributed by atoms with Gasteiger partial charge in [0, 0.05) is 25.8 Å². The molecule has 1 atom stereocenters. The molecule has 32 heavy (non-hydrogen) atoms. The highest BCUT2D eigenvalue weighted by molar-refractivity contribution is 5.98. The van der Waals surface area contributed by atoms with Crippen molar-refractivity contribution in [3.8, 4) is 0 Å². The van der Waals surface area contributed by atoms with E-state index >= 15 is 0 Å². The average molecular weight is 433 g/mol. The highest BCUT2D eigenvalue weighted by Gasteiger charge is 2.36. The number of nitrogens with zero attached hydrogens (tertiary/aromatic N) is 7. The number of guanidine groups is 1. The first-order chi connectivity index (χ1) is 15.9. The van der Waals surface area contributed by atoms with Crippen molar-refractivity contribution < 1.29 is 4.74 Å². The van der Waals surface area contributed by atoms with E-state index in [1.54, 1.807) is 0 Å². The maximum atomic E-state index is 5.46. The smallest absolute Gasteiger partial charge is 0.216 e. The van der Waals surface area contributed by atoms with Crippen LogP contribution in [0.4, 0.5) is 5.95 Å². The van der Waals surface area contributed by atoms with Crippen LogP contribution in [0.5, 0.6) is 0 Å². The Morgan fingerprint density at radius 1 is 1.00 bits per heavy atom. The van der Waals surface area contributed by atoms with Gasteiger partial charge in [-0.05, 0) is 37.2 Å². The quantitative estimate of drug-likeness (QED) is 0.658. The lowest BCUT2D eigenvalue weighted by molar-refractivity contribution is 0.0361. The minimum absolute atomic E-state index is 0.138. The zero-order valence-electron chi connectivity index (χ0n) is 18.1. The number of hydrogen-bond acceptors (Lipinski definition) is 8. The monoisotopic (exact) mass is 432 g/mol. The van der Waals surface area contributed by atoms with Gasteiger partial charge in [-0.25, -0.2) is 9.98 Å². The van der Waals surface area contributed by atoms with E-state index in [4.69, 9.17) is 14.7 Å². The van der Waals surface area contributed by atoms with Crippen LogP contribution in [0.15, 0.2) is 53.7 Å². The summed E-state index contributed by atoms with van der Waals surface area (Å²) in [5.74, 6) is 1.78. The predicted octanol–water partition coefficient (Wildman–Crippen LogP) is 1.70. The van der Waals surface area contributed by atoms with E-state index in [0.717, 1.165) is 81.1 Å². The first-order valence-electron chi connectivity index (χ1n) is 11.4. The van der Waals surface area contributed by atoms with Crippen LogP contribution in [0.25, 0.3) is 11.0 Å². The van der Waals surface area contributed by atoms with Crippen LogP contribution in [0.2, 0.25) is 0 Å². The second-order valence-corrected chi connectivity index (χ2v) is 8.47. The number of aromatic nitrogens is 3. The van der Waals surface area contributed by atoms with Gasteiger partial charge in [0.05, 0.1) is 43.3 Å². The van der Waals surface area contributed by atoms with Crippen molar-refractivity contribution in [3.63, 3.8) is 0 Å². The summed E-state index contributed by atoms with van der Waals surface area (Å²) in [4.78, 5) is 21.6. The van der Waals surface area contributed by atoms with Gasteiger partial charge >= 0.3 is 0 Å². The van der Waals surface area contributed by atoms with E-state index in [-0.39, 0.29) is 6.17 Å². The van der Waals surface area contributed by atoms with E-state index < -0.39 is 0 Å². The van der Waals surface area contributed by atoms with Gasteiger partial charge in [-0.2, -0.15) is 0 Å². The van der Waals surface area contributed by atoms with Crippen molar-refractivity contribution in [3.05, 3.63) is 54.4 Å². The first kappa shape index (κ1) is 19.7. The van der Waals surface area contributed by atoms with Gasteiger partial charge in [0.25, 0.3) is 0 Å². The number of anilines is 1. The number of aliphatic imine (C=N–C) groups is 1. The lowest BCUT2D eigenvalue weighted by atomic mass is 10.2. The Morgan fingerprint density at radius 3 is 2.72 bits per heavy atom. The molecule has 9 heteroatoms. The second-order valence-electron chi connectivity index (χ2n) is 8.47. The van der Waals surface area contributed by atoms with Crippen LogP contribution in [-0.2, 0) is 4.74 Å². The molecule has 6 rings (SSSR count). The Bertz CT molecular complexity index is 1110. The lowest BCUT2D eigenvalue weighted by Gasteiger charge is -2.41. The summed E-state index contributed by atoms with van der Waals surface area (Å²) in [5, 5.41) is 3.62. The maximum Gasteiger partial charge on any atom is 0.216 e. The largest absolute Gasteiger partial charge is 0.379 e. The van der Waals surface area contributed by atoms with Gasteiger partial charge < -0.3 is 10.1 Å². The molecular formula is C23H28N8O. The molecule has 0 bridgehead atoms. The molecule has 3 aliphatic heterocycles. The predicted molar refractivity (Wildman–Crippen MR) is 123 cm³/mol. The minimum Gasteiger partial charge on any atom is -0.379 e. The average Bonchev–Trinajstić information content (AvgIpc) is 3.25. The topological polar surface area (TPSA) is 74.1 Å². The molecule has 1 saturated heterocycles.